The summed E-state index contributed by atoms with van der Waals surface area (Å²) >= 11 is 0. The van der Waals surface area contributed by atoms with Crippen molar-refractivity contribution in [2.75, 3.05) is 14.2 Å². The highest BCUT2D eigenvalue weighted by molar-refractivity contribution is 5.30. The quantitative estimate of drug-likeness (QED) is 0.854. The number of nitrogens with zero attached hydrogens (tertiary/aromatic N) is 1. The van der Waals surface area contributed by atoms with Crippen LogP contribution < -0.4 is 10.1 Å². The largest absolute Gasteiger partial charge is 0.495 e. The molecule has 1 N–H and O–H groups in total. The summed E-state index contributed by atoms with van der Waals surface area (Å²) in [5.74, 6) is 2.53. The Kier molecular flexibility index (Phi) is 5.84. The SMILES string of the molecule is CCCC1CCC(C(NC)c2ncccc2OC)CC1. The van der Waals surface area contributed by atoms with Gasteiger partial charge in [-0.25, -0.2) is 0 Å². The van der Waals surface area contributed by atoms with E-state index in [9.17, 15) is 0 Å². The normalized spacial score (nSPS) is 24.4. The third kappa shape index (κ3) is 3.51. The predicted molar refractivity (Wildman–Crippen MR) is 82.9 cm³/mol. The van der Waals surface area contributed by atoms with Crippen molar-refractivity contribution in [1.29, 1.82) is 0 Å². The van der Waals surface area contributed by atoms with Gasteiger partial charge in [-0.2, -0.15) is 0 Å². The fourth-order valence-corrected chi connectivity index (χ4v) is 3.62. The minimum Gasteiger partial charge on any atom is -0.495 e. The molecule has 1 atom stereocenters. The first-order valence-corrected chi connectivity index (χ1v) is 7.96. The van der Waals surface area contributed by atoms with Gasteiger partial charge in [-0.3, -0.25) is 4.98 Å². The van der Waals surface area contributed by atoms with E-state index in [2.05, 4.69) is 17.2 Å². The van der Waals surface area contributed by atoms with Gasteiger partial charge in [-0.1, -0.05) is 32.6 Å². The highest BCUT2D eigenvalue weighted by Gasteiger charge is 2.29. The Hall–Kier alpha value is -1.09. The smallest absolute Gasteiger partial charge is 0.141 e. The van der Waals surface area contributed by atoms with Crippen molar-refractivity contribution in [1.82, 2.24) is 10.3 Å². The van der Waals surface area contributed by atoms with Gasteiger partial charge in [0.2, 0.25) is 0 Å². The van der Waals surface area contributed by atoms with Crippen molar-refractivity contribution in [2.45, 2.75) is 51.5 Å². The summed E-state index contributed by atoms with van der Waals surface area (Å²) < 4.78 is 5.48. The molecule has 0 aromatic carbocycles. The van der Waals surface area contributed by atoms with Gasteiger partial charge in [-0.05, 0) is 43.9 Å². The number of rotatable bonds is 6. The summed E-state index contributed by atoms with van der Waals surface area (Å²) in [5.41, 5.74) is 1.07. The van der Waals surface area contributed by atoms with Gasteiger partial charge < -0.3 is 10.1 Å². The van der Waals surface area contributed by atoms with Crippen LogP contribution in [0, 0.1) is 11.8 Å². The maximum absolute atomic E-state index is 5.48. The number of nitrogens with one attached hydrogen (secondary N) is 1. The molecule has 0 bridgehead atoms. The monoisotopic (exact) mass is 276 g/mol. The Bertz CT molecular complexity index is 400. The van der Waals surface area contributed by atoms with Crippen LogP contribution >= 0.6 is 0 Å². The molecule has 0 radical (unpaired) electrons. The van der Waals surface area contributed by atoms with Crippen molar-refractivity contribution in [2.24, 2.45) is 11.8 Å². The molecule has 0 aliphatic heterocycles. The predicted octanol–water partition coefficient (Wildman–Crippen LogP) is 3.96. The Morgan fingerprint density at radius 1 is 1.35 bits per heavy atom. The summed E-state index contributed by atoms with van der Waals surface area (Å²) in [7, 11) is 3.77. The molecule has 0 spiro atoms. The Labute approximate surface area is 123 Å². The third-order valence-corrected chi connectivity index (χ3v) is 4.68. The zero-order chi connectivity index (χ0) is 14.4. The molecule has 1 aliphatic carbocycles. The number of hydrogen-bond donors (Lipinski definition) is 1. The molecule has 3 heteroatoms. The Morgan fingerprint density at radius 3 is 2.70 bits per heavy atom. The highest BCUT2D eigenvalue weighted by atomic mass is 16.5. The molecule has 2 rings (SSSR count). The topological polar surface area (TPSA) is 34.2 Å². The van der Waals surface area contributed by atoms with E-state index in [-0.39, 0.29) is 0 Å². The van der Waals surface area contributed by atoms with Crippen molar-refractivity contribution in [3.05, 3.63) is 24.0 Å². The molecule has 1 aromatic rings. The molecule has 112 valence electrons. The average Bonchev–Trinajstić information content (AvgIpc) is 2.50. The van der Waals surface area contributed by atoms with E-state index in [4.69, 9.17) is 4.74 Å². The second kappa shape index (κ2) is 7.63. The molecule has 1 heterocycles. The van der Waals surface area contributed by atoms with Gasteiger partial charge in [0.05, 0.1) is 18.8 Å². The molecule has 0 amide bonds. The Balaban J connectivity index is 2.06. The lowest BCUT2D eigenvalue weighted by atomic mass is 9.76. The minimum atomic E-state index is 0.314. The fraction of sp³-hybridized carbons (Fsp3) is 0.706. The lowest BCUT2D eigenvalue weighted by Gasteiger charge is -2.34. The van der Waals surface area contributed by atoms with Crippen LogP contribution in [0.15, 0.2) is 18.3 Å². The first-order valence-electron chi connectivity index (χ1n) is 7.96. The lowest BCUT2D eigenvalue weighted by molar-refractivity contribution is 0.214. The standard InChI is InChI=1S/C17H28N2O/c1-4-6-13-8-10-14(11-9-13)16(18-2)17-15(20-3)7-5-12-19-17/h5,7,12-14,16,18H,4,6,8-11H2,1-3H3. The summed E-state index contributed by atoms with van der Waals surface area (Å²) in [6.07, 6.45) is 9.91. The summed E-state index contributed by atoms with van der Waals surface area (Å²) in [6.45, 7) is 2.29. The number of methoxy groups -OCH3 is 1. The molecule has 1 saturated carbocycles. The third-order valence-electron chi connectivity index (χ3n) is 4.68. The number of ether oxygens (including phenoxy) is 1. The van der Waals surface area contributed by atoms with Crippen LogP contribution in [-0.2, 0) is 0 Å². The van der Waals surface area contributed by atoms with Crippen LogP contribution in [-0.4, -0.2) is 19.1 Å². The maximum Gasteiger partial charge on any atom is 0.141 e. The molecule has 1 unspecified atom stereocenters. The molecule has 3 nitrogen and oxygen atoms in total. The van der Waals surface area contributed by atoms with Crippen molar-refractivity contribution >= 4 is 0 Å². The minimum absolute atomic E-state index is 0.314. The van der Waals surface area contributed by atoms with Gasteiger partial charge in [0.25, 0.3) is 0 Å². The van der Waals surface area contributed by atoms with E-state index < -0.39 is 0 Å². The highest BCUT2D eigenvalue weighted by Crippen LogP contribution is 2.39. The van der Waals surface area contributed by atoms with E-state index in [0.717, 1.165) is 17.4 Å². The van der Waals surface area contributed by atoms with Crippen LogP contribution in [0.3, 0.4) is 0 Å². The van der Waals surface area contributed by atoms with Gasteiger partial charge in [0.15, 0.2) is 0 Å². The van der Waals surface area contributed by atoms with Gasteiger partial charge in [-0.15, -0.1) is 0 Å². The second-order valence-corrected chi connectivity index (χ2v) is 5.93. The Morgan fingerprint density at radius 2 is 2.10 bits per heavy atom. The summed E-state index contributed by atoms with van der Waals surface area (Å²) in [5, 5.41) is 3.47. The van der Waals surface area contributed by atoms with Crippen LogP contribution in [0.4, 0.5) is 0 Å². The van der Waals surface area contributed by atoms with Gasteiger partial charge >= 0.3 is 0 Å². The van der Waals surface area contributed by atoms with E-state index in [1.54, 1.807) is 7.11 Å². The van der Waals surface area contributed by atoms with Crippen molar-refractivity contribution < 1.29 is 4.74 Å². The van der Waals surface area contributed by atoms with Crippen LogP contribution in [0.5, 0.6) is 5.75 Å². The maximum atomic E-state index is 5.48. The second-order valence-electron chi connectivity index (χ2n) is 5.93. The van der Waals surface area contributed by atoms with E-state index in [0.29, 0.717) is 12.0 Å². The van der Waals surface area contributed by atoms with Gasteiger partial charge in [0.1, 0.15) is 5.75 Å². The van der Waals surface area contributed by atoms with Crippen LogP contribution in [0.25, 0.3) is 0 Å². The van der Waals surface area contributed by atoms with Gasteiger partial charge in [0, 0.05) is 6.20 Å². The van der Waals surface area contributed by atoms with Crippen molar-refractivity contribution in [3.63, 3.8) is 0 Å². The summed E-state index contributed by atoms with van der Waals surface area (Å²) in [6, 6.07) is 4.26. The molecule has 1 aliphatic rings. The van der Waals surface area contributed by atoms with Crippen molar-refractivity contribution in [3.8, 4) is 5.75 Å². The lowest BCUT2D eigenvalue weighted by Crippen LogP contribution is -2.29. The molecular formula is C17H28N2O. The molecule has 1 aromatic heterocycles. The number of pyridine rings is 1. The average molecular weight is 276 g/mol. The van der Waals surface area contributed by atoms with E-state index >= 15 is 0 Å². The fourth-order valence-electron chi connectivity index (χ4n) is 3.62. The first kappa shape index (κ1) is 15.3. The van der Waals surface area contributed by atoms with Crippen LogP contribution in [0.1, 0.15) is 57.2 Å². The zero-order valence-corrected chi connectivity index (χ0v) is 13.1. The zero-order valence-electron chi connectivity index (χ0n) is 13.1. The number of aromatic nitrogens is 1. The molecular weight excluding hydrogens is 248 g/mol. The summed E-state index contributed by atoms with van der Waals surface area (Å²) in [4.78, 5) is 4.56. The molecule has 0 saturated heterocycles. The van der Waals surface area contributed by atoms with E-state index in [1.807, 2.05) is 25.4 Å². The number of hydrogen-bond acceptors (Lipinski definition) is 3. The molecule has 1 fully saturated rings. The first-order chi connectivity index (χ1) is 9.80. The van der Waals surface area contributed by atoms with E-state index in [1.165, 1.54) is 38.5 Å². The van der Waals surface area contributed by atoms with Crippen LogP contribution in [0.2, 0.25) is 0 Å². The molecule has 20 heavy (non-hydrogen) atoms.